The van der Waals surface area contributed by atoms with E-state index in [-0.39, 0.29) is 17.7 Å². The van der Waals surface area contributed by atoms with Crippen LogP contribution < -0.4 is 0 Å². The summed E-state index contributed by atoms with van der Waals surface area (Å²) in [6.45, 7) is 3.27. The highest BCUT2D eigenvalue weighted by Gasteiger charge is 2.29. The summed E-state index contributed by atoms with van der Waals surface area (Å²) >= 11 is 0. The van der Waals surface area contributed by atoms with Crippen molar-refractivity contribution in [3.63, 3.8) is 0 Å². The fourth-order valence-electron chi connectivity index (χ4n) is 2.83. The standard InChI is InChI=1S/C19H20N2O5/c1-12-9-13(2)16(21(25)26)11-15(12)18(22)20(3)17(19(23)24)10-14-7-5-4-6-8-14/h4-9,11,17H,10H2,1-3H3,(H,23,24). The minimum Gasteiger partial charge on any atom is -0.480 e. The second-order valence-corrected chi connectivity index (χ2v) is 6.17. The summed E-state index contributed by atoms with van der Waals surface area (Å²) in [5.74, 6) is -1.70. The van der Waals surface area contributed by atoms with E-state index in [0.717, 1.165) is 10.5 Å². The number of carbonyl (C=O) groups excluding carboxylic acids is 1. The number of nitrogens with zero attached hydrogens (tertiary/aromatic N) is 2. The summed E-state index contributed by atoms with van der Waals surface area (Å²) in [7, 11) is 1.40. The van der Waals surface area contributed by atoms with Crippen LogP contribution >= 0.6 is 0 Å². The molecule has 0 aliphatic rings. The monoisotopic (exact) mass is 356 g/mol. The molecular formula is C19H20N2O5. The van der Waals surface area contributed by atoms with Crippen LogP contribution in [0.25, 0.3) is 0 Å². The van der Waals surface area contributed by atoms with E-state index in [2.05, 4.69) is 0 Å². The van der Waals surface area contributed by atoms with Gasteiger partial charge >= 0.3 is 5.97 Å². The van der Waals surface area contributed by atoms with E-state index in [1.165, 1.54) is 13.1 Å². The van der Waals surface area contributed by atoms with Crippen molar-refractivity contribution in [2.45, 2.75) is 26.3 Å². The van der Waals surface area contributed by atoms with Crippen molar-refractivity contribution in [1.82, 2.24) is 4.90 Å². The molecule has 0 fully saturated rings. The number of aliphatic carboxylic acids is 1. The lowest BCUT2D eigenvalue weighted by Crippen LogP contribution is -2.44. The van der Waals surface area contributed by atoms with Gasteiger partial charge in [-0.2, -0.15) is 0 Å². The van der Waals surface area contributed by atoms with Crippen LogP contribution in [0.2, 0.25) is 0 Å². The summed E-state index contributed by atoms with van der Waals surface area (Å²) in [5, 5.41) is 20.7. The zero-order chi connectivity index (χ0) is 19.4. The first-order valence-corrected chi connectivity index (χ1v) is 8.02. The first-order valence-electron chi connectivity index (χ1n) is 8.02. The van der Waals surface area contributed by atoms with Crippen molar-refractivity contribution in [2.75, 3.05) is 7.05 Å². The largest absolute Gasteiger partial charge is 0.480 e. The molecule has 1 amide bonds. The lowest BCUT2D eigenvalue weighted by Gasteiger charge is -2.25. The number of hydrogen-bond donors (Lipinski definition) is 1. The van der Waals surface area contributed by atoms with E-state index in [1.807, 2.05) is 6.07 Å². The van der Waals surface area contributed by atoms with Gasteiger partial charge in [0.25, 0.3) is 11.6 Å². The molecule has 0 aliphatic heterocycles. The molecule has 1 N–H and O–H groups in total. The Morgan fingerprint density at radius 2 is 1.77 bits per heavy atom. The molecule has 0 radical (unpaired) electrons. The van der Waals surface area contributed by atoms with Gasteiger partial charge in [-0.15, -0.1) is 0 Å². The van der Waals surface area contributed by atoms with Crippen molar-refractivity contribution in [3.05, 3.63) is 74.8 Å². The third-order valence-electron chi connectivity index (χ3n) is 4.31. The SMILES string of the molecule is Cc1cc(C)c([N+](=O)[O-])cc1C(=O)N(C)C(Cc1ccccc1)C(=O)O. The Kier molecular flexibility index (Phi) is 5.71. The first-order chi connectivity index (χ1) is 12.2. The van der Waals surface area contributed by atoms with E-state index in [4.69, 9.17) is 0 Å². The maximum Gasteiger partial charge on any atom is 0.326 e. The third kappa shape index (κ3) is 4.05. The number of hydrogen-bond acceptors (Lipinski definition) is 4. The van der Waals surface area contributed by atoms with Gasteiger partial charge in [-0.1, -0.05) is 30.3 Å². The van der Waals surface area contributed by atoms with Crippen LogP contribution in [0.1, 0.15) is 27.0 Å². The van der Waals surface area contributed by atoms with Crippen molar-refractivity contribution in [2.24, 2.45) is 0 Å². The number of carboxylic acid groups (broad SMARTS) is 1. The van der Waals surface area contributed by atoms with Crippen LogP contribution in [-0.2, 0) is 11.2 Å². The van der Waals surface area contributed by atoms with E-state index in [1.54, 1.807) is 44.2 Å². The van der Waals surface area contributed by atoms with Crippen LogP contribution in [0.3, 0.4) is 0 Å². The van der Waals surface area contributed by atoms with Crippen molar-refractivity contribution >= 4 is 17.6 Å². The number of likely N-dealkylation sites (N-methyl/N-ethyl adjacent to an activating group) is 1. The molecular weight excluding hydrogens is 336 g/mol. The Hall–Kier alpha value is -3.22. The highest BCUT2D eigenvalue weighted by Crippen LogP contribution is 2.24. The number of nitro benzene ring substituents is 1. The predicted octanol–water partition coefficient (Wildman–Crippen LogP) is 2.98. The molecule has 0 spiro atoms. The average Bonchev–Trinajstić information content (AvgIpc) is 2.59. The Balaban J connectivity index is 2.36. The quantitative estimate of drug-likeness (QED) is 0.633. The molecule has 0 saturated heterocycles. The lowest BCUT2D eigenvalue weighted by molar-refractivity contribution is -0.385. The number of carboxylic acids is 1. The van der Waals surface area contributed by atoms with Crippen molar-refractivity contribution in [1.29, 1.82) is 0 Å². The van der Waals surface area contributed by atoms with Gasteiger partial charge in [-0.25, -0.2) is 4.79 Å². The average molecular weight is 356 g/mol. The highest BCUT2D eigenvalue weighted by atomic mass is 16.6. The molecule has 0 bridgehead atoms. The molecule has 0 saturated carbocycles. The second kappa shape index (κ2) is 7.77. The van der Waals surface area contributed by atoms with E-state index in [0.29, 0.717) is 11.1 Å². The third-order valence-corrected chi connectivity index (χ3v) is 4.31. The summed E-state index contributed by atoms with van der Waals surface area (Å²) in [5.41, 5.74) is 1.76. The van der Waals surface area contributed by atoms with Crippen LogP contribution in [0, 0.1) is 24.0 Å². The van der Waals surface area contributed by atoms with Gasteiger partial charge < -0.3 is 10.0 Å². The van der Waals surface area contributed by atoms with Gasteiger partial charge in [0.1, 0.15) is 6.04 Å². The summed E-state index contributed by atoms with van der Waals surface area (Å²) in [6.07, 6.45) is 0.144. The zero-order valence-corrected chi connectivity index (χ0v) is 14.8. The van der Waals surface area contributed by atoms with Crippen LogP contribution in [0.4, 0.5) is 5.69 Å². The van der Waals surface area contributed by atoms with Gasteiger partial charge in [0.15, 0.2) is 0 Å². The number of carbonyl (C=O) groups is 2. The first kappa shape index (κ1) is 19.1. The molecule has 1 unspecified atom stereocenters. The Bertz CT molecular complexity index is 849. The lowest BCUT2D eigenvalue weighted by atomic mass is 10.0. The van der Waals surface area contributed by atoms with E-state index in [9.17, 15) is 24.8 Å². The molecule has 0 aromatic heterocycles. The topological polar surface area (TPSA) is 101 Å². The fraction of sp³-hybridized carbons (Fsp3) is 0.263. The maximum absolute atomic E-state index is 12.8. The van der Waals surface area contributed by atoms with Gasteiger partial charge in [-0.05, 0) is 31.0 Å². The van der Waals surface area contributed by atoms with E-state index < -0.39 is 22.8 Å². The molecule has 136 valence electrons. The zero-order valence-electron chi connectivity index (χ0n) is 14.8. The highest BCUT2D eigenvalue weighted by molar-refractivity contribution is 5.98. The number of benzene rings is 2. The van der Waals surface area contributed by atoms with Gasteiger partial charge in [-0.3, -0.25) is 14.9 Å². The number of amides is 1. The summed E-state index contributed by atoms with van der Waals surface area (Å²) < 4.78 is 0. The van der Waals surface area contributed by atoms with Gasteiger partial charge in [0, 0.05) is 30.7 Å². The number of aryl methyl sites for hydroxylation is 2. The van der Waals surface area contributed by atoms with Crippen LogP contribution in [0.15, 0.2) is 42.5 Å². The predicted molar refractivity (Wildman–Crippen MR) is 96.2 cm³/mol. The molecule has 1 atom stereocenters. The van der Waals surface area contributed by atoms with Crippen LogP contribution in [-0.4, -0.2) is 39.9 Å². The number of nitro groups is 1. The van der Waals surface area contributed by atoms with Gasteiger partial charge in [0.05, 0.1) is 4.92 Å². The fourth-order valence-corrected chi connectivity index (χ4v) is 2.83. The molecule has 2 aromatic carbocycles. The Morgan fingerprint density at radius 3 is 2.31 bits per heavy atom. The second-order valence-electron chi connectivity index (χ2n) is 6.17. The van der Waals surface area contributed by atoms with Crippen molar-refractivity contribution in [3.8, 4) is 0 Å². The molecule has 2 aromatic rings. The molecule has 26 heavy (non-hydrogen) atoms. The number of rotatable bonds is 6. The minimum absolute atomic E-state index is 0.129. The Morgan fingerprint density at radius 1 is 1.15 bits per heavy atom. The smallest absolute Gasteiger partial charge is 0.326 e. The molecule has 0 heterocycles. The normalized spacial score (nSPS) is 11.7. The molecule has 0 aliphatic carbocycles. The van der Waals surface area contributed by atoms with Gasteiger partial charge in [0.2, 0.25) is 0 Å². The van der Waals surface area contributed by atoms with Crippen molar-refractivity contribution < 1.29 is 19.6 Å². The maximum atomic E-state index is 12.8. The molecule has 2 rings (SSSR count). The summed E-state index contributed by atoms with van der Waals surface area (Å²) in [6, 6.07) is 10.7. The Labute approximate surface area is 151 Å². The van der Waals surface area contributed by atoms with Crippen LogP contribution in [0.5, 0.6) is 0 Å². The van der Waals surface area contributed by atoms with E-state index >= 15 is 0 Å². The molecule has 7 nitrogen and oxygen atoms in total. The minimum atomic E-state index is -1.14. The molecule has 7 heteroatoms. The summed E-state index contributed by atoms with van der Waals surface area (Å²) in [4.78, 5) is 36.2.